The first-order valence-corrected chi connectivity index (χ1v) is 7.28. The molecule has 1 aliphatic heterocycles. The molecule has 0 bridgehead atoms. The highest BCUT2D eigenvalue weighted by Gasteiger charge is 2.21. The van der Waals surface area contributed by atoms with E-state index in [2.05, 4.69) is 10.2 Å². The number of rotatable bonds is 3. The minimum absolute atomic E-state index is 0.0878. The Balaban J connectivity index is 1.48. The van der Waals surface area contributed by atoms with E-state index in [1.807, 2.05) is 6.07 Å². The zero-order valence-electron chi connectivity index (χ0n) is 12.2. The molecule has 1 N–H and O–H groups in total. The highest BCUT2D eigenvalue weighted by molar-refractivity contribution is 5.74. The van der Waals surface area contributed by atoms with E-state index in [4.69, 9.17) is 4.42 Å². The Labute approximate surface area is 128 Å². The second kappa shape index (κ2) is 6.51. The smallest absolute Gasteiger partial charge is 0.317 e. The molecule has 1 aromatic carbocycles. The van der Waals surface area contributed by atoms with Crippen molar-refractivity contribution in [3.05, 3.63) is 54.2 Å². The lowest BCUT2D eigenvalue weighted by atomic mass is 10.2. The number of carbonyl (C=O) groups is 1. The second-order valence-electron chi connectivity index (χ2n) is 5.19. The molecule has 0 aliphatic carbocycles. The van der Waals surface area contributed by atoms with E-state index in [0.29, 0.717) is 19.6 Å². The Morgan fingerprint density at radius 1 is 1.14 bits per heavy atom. The van der Waals surface area contributed by atoms with Gasteiger partial charge in [0.25, 0.3) is 0 Å². The van der Waals surface area contributed by atoms with Crippen molar-refractivity contribution in [2.75, 3.05) is 31.1 Å². The molecule has 1 aromatic heterocycles. The van der Waals surface area contributed by atoms with Crippen molar-refractivity contribution in [2.24, 2.45) is 0 Å². The molecule has 0 radical (unpaired) electrons. The van der Waals surface area contributed by atoms with Crippen LogP contribution < -0.4 is 10.2 Å². The summed E-state index contributed by atoms with van der Waals surface area (Å²) >= 11 is 0. The summed E-state index contributed by atoms with van der Waals surface area (Å²) in [4.78, 5) is 16.0. The molecule has 3 rings (SSSR count). The van der Waals surface area contributed by atoms with Crippen LogP contribution in [0.5, 0.6) is 0 Å². The number of piperazine rings is 1. The maximum Gasteiger partial charge on any atom is 0.317 e. The van der Waals surface area contributed by atoms with Gasteiger partial charge in [0.05, 0.1) is 12.8 Å². The zero-order valence-corrected chi connectivity index (χ0v) is 12.2. The Bertz CT molecular complexity index is 605. The molecule has 0 unspecified atom stereocenters. The van der Waals surface area contributed by atoms with E-state index in [-0.39, 0.29) is 11.8 Å². The number of hydrogen-bond donors (Lipinski definition) is 1. The molecule has 0 atom stereocenters. The van der Waals surface area contributed by atoms with E-state index in [1.165, 1.54) is 12.1 Å². The molecule has 22 heavy (non-hydrogen) atoms. The lowest BCUT2D eigenvalue weighted by Crippen LogP contribution is -2.51. The fourth-order valence-corrected chi connectivity index (χ4v) is 2.51. The number of benzene rings is 1. The largest absolute Gasteiger partial charge is 0.467 e. The molecule has 0 spiro atoms. The molecule has 6 heteroatoms. The van der Waals surface area contributed by atoms with Crippen molar-refractivity contribution in [3.63, 3.8) is 0 Å². The Morgan fingerprint density at radius 2 is 1.86 bits per heavy atom. The van der Waals surface area contributed by atoms with Crippen LogP contribution in [0.2, 0.25) is 0 Å². The lowest BCUT2D eigenvalue weighted by Gasteiger charge is -2.36. The number of anilines is 1. The van der Waals surface area contributed by atoms with Gasteiger partial charge in [0.15, 0.2) is 0 Å². The summed E-state index contributed by atoms with van der Waals surface area (Å²) in [6, 6.07) is 9.98. The number of amides is 2. The van der Waals surface area contributed by atoms with Crippen molar-refractivity contribution in [1.82, 2.24) is 10.2 Å². The average molecular weight is 303 g/mol. The normalized spacial score (nSPS) is 15.0. The summed E-state index contributed by atoms with van der Waals surface area (Å²) in [5.41, 5.74) is 0.983. The van der Waals surface area contributed by atoms with Crippen LogP contribution in [0.3, 0.4) is 0 Å². The standard InChI is InChI=1S/C16H18FN3O2/c17-13-3-5-14(6-4-13)19-7-9-20(10-8-19)16(21)18-12-15-2-1-11-22-15/h1-6,11H,7-10,12H2,(H,18,21). The lowest BCUT2D eigenvalue weighted by molar-refractivity contribution is 0.193. The van der Waals surface area contributed by atoms with E-state index in [9.17, 15) is 9.18 Å². The molecule has 2 heterocycles. The van der Waals surface area contributed by atoms with E-state index in [1.54, 1.807) is 29.4 Å². The summed E-state index contributed by atoms with van der Waals surface area (Å²) in [6.45, 7) is 3.15. The van der Waals surface area contributed by atoms with Crippen LogP contribution in [0.1, 0.15) is 5.76 Å². The molecule has 1 saturated heterocycles. The zero-order chi connectivity index (χ0) is 15.4. The second-order valence-corrected chi connectivity index (χ2v) is 5.19. The highest BCUT2D eigenvalue weighted by atomic mass is 19.1. The molecule has 1 aliphatic rings. The number of halogens is 1. The van der Waals surface area contributed by atoms with Gasteiger partial charge in [0, 0.05) is 31.9 Å². The number of hydrogen-bond acceptors (Lipinski definition) is 3. The topological polar surface area (TPSA) is 48.7 Å². The Hall–Kier alpha value is -2.50. The van der Waals surface area contributed by atoms with Gasteiger partial charge in [-0.15, -0.1) is 0 Å². The van der Waals surface area contributed by atoms with Gasteiger partial charge in [0.2, 0.25) is 0 Å². The van der Waals surface area contributed by atoms with Crippen LogP contribution >= 0.6 is 0 Å². The maximum absolute atomic E-state index is 12.9. The number of urea groups is 1. The summed E-state index contributed by atoms with van der Waals surface area (Å²) in [5.74, 6) is 0.498. The highest BCUT2D eigenvalue weighted by Crippen LogP contribution is 2.16. The predicted molar refractivity (Wildman–Crippen MR) is 81.1 cm³/mol. The quantitative estimate of drug-likeness (QED) is 0.947. The van der Waals surface area contributed by atoms with Gasteiger partial charge in [-0.2, -0.15) is 0 Å². The summed E-state index contributed by atoms with van der Waals surface area (Å²) in [6.07, 6.45) is 1.59. The van der Waals surface area contributed by atoms with E-state index < -0.39 is 0 Å². The fraction of sp³-hybridized carbons (Fsp3) is 0.312. The Kier molecular flexibility index (Phi) is 4.27. The van der Waals surface area contributed by atoms with Crippen molar-refractivity contribution in [1.29, 1.82) is 0 Å². The minimum atomic E-state index is -0.236. The van der Waals surface area contributed by atoms with Gasteiger partial charge < -0.3 is 19.5 Å². The molecular weight excluding hydrogens is 285 g/mol. The maximum atomic E-state index is 12.9. The molecule has 1 fully saturated rings. The van der Waals surface area contributed by atoms with Gasteiger partial charge in [-0.25, -0.2) is 9.18 Å². The van der Waals surface area contributed by atoms with Crippen LogP contribution in [-0.4, -0.2) is 37.1 Å². The number of furan rings is 1. The third kappa shape index (κ3) is 3.39. The first-order valence-electron chi connectivity index (χ1n) is 7.28. The fourth-order valence-electron chi connectivity index (χ4n) is 2.51. The molecule has 116 valence electrons. The van der Waals surface area contributed by atoms with Gasteiger partial charge >= 0.3 is 6.03 Å². The summed E-state index contributed by atoms with van der Waals surface area (Å²) < 4.78 is 18.1. The monoisotopic (exact) mass is 303 g/mol. The van der Waals surface area contributed by atoms with Crippen LogP contribution in [0.4, 0.5) is 14.9 Å². The third-order valence-electron chi connectivity index (χ3n) is 3.75. The molecule has 2 amide bonds. The summed E-state index contributed by atoms with van der Waals surface area (Å²) in [5, 5.41) is 2.84. The third-order valence-corrected chi connectivity index (χ3v) is 3.75. The summed E-state index contributed by atoms with van der Waals surface area (Å²) in [7, 11) is 0. The SMILES string of the molecule is O=C(NCc1ccco1)N1CCN(c2ccc(F)cc2)CC1. The van der Waals surface area contributed by atoms with Crippen molar-refractivity contribution < 1.29 is 13.6 Å². The van der Waals surface area contributed by atoms with Crippen LogP contribution in [-0.2, 0) is 6.54 Å². The van der Waals surface area contributed by atoms with Gasteiger partial charge in [-0.3, -0.25) is 0 Å². The van der Waals surface area contributed by atoms with Crippen molar-refractivity contribution >= 4 is 11.7 Å². The van der Waals surface area contributed by atoms with Crippen molar-refractivity contribution in [3.8, 4) is 0 Å². The molecule has 5 nitrogen and oxygen atoms in total. The predicted octanol–water partition coefficient (Wildman–Crippen LogP) is 2.45. The van der Waals surface area contributed by atoms with Gasteiger partial charge in [-0.1, -0.05) is 0 Å². The average Bonchev–Trinajstić information content (AvgIpc) is 3.07. The molecular formula is C16H18FN3O2. The Morgan fingerprint density at radius 3 is 2.50 bits per heavy atom. The van der Waals surface area contributed by atoms with E-state index >= 15 is 0 Å². The van der Waals surface area contributed by atoms with Gasteiger partial charge in [0.1, 0.15) is 11.6 Å². The minimum Gasteiger partial charge on any atom is -0.467 e. The van der Waals surface area contributed by atoms with Crippen molar-refractivity contribution in [2.45, 2.75) is 6.54 Å². The first-order chi connectivity index (χ1) is 10.7. The first kappa shape index (κ1) is 14.4. The number of carbonyl (C=O) groups excluding carboxylic acids is 1. The van der Waals surface area contributed by atoms with E-state index in [0.717, 1.165) is 24.5 Å². The van der Waals surface area contributed by atoms with Crippen LogP contribution in [0.15, 0.2) is 47.1 Å². The number of nitrogens with one attached hydrogen (secondary N) is 1. The van der Waals surface area contributed by atoms with Crippen LogP contribution in [0.25, 0.3) is 0 Å². The molecule has 0 saturated carbocycles. The number of nitrogens with zero attached hydrogens (tertiary/aromatic N) is 2. The van der Waals surface area contributed by atoms with Gasteiger partial charge in [-0.05, 0) is 36.4 Å². The van der Waals surface area contributed by atoms with Crippen LogP contribution in [0, 0.1) is 5.82 Å². The molecule has 2 aromatic rings.